The van der Waals surface area contributed by atoms with E-state index in [2.05, 4.69) is 0 Å². The van der Waals surface area contributed by atoms with Crippen LogP contribution in [0.5, 0.6) is 0 Å². The van der Waals surface area contributed by atoms with E-state index in [1.807, 2.05) is 24.3 Å². The number of hydrogen-bond acceptors (Lipinski definition) is 1. The molecule has 0 unspecified atom stereocenters. The van der Waals surface area contributed by atoms with Crippen molar-refractivity contribution < 1.29 is 5.11 Å². The Morgan fingerprint density at radius 3 is 2.18 bits per heavy atom. The van der Waals surface area contributed by atoms with Crippen LogP contribution in [0.15, 0.2) is 24.3 Å². The molecule has 0 bridgehead atoms. The van der Waals surface area contributed by atoms with E-state index in [-0.39, 0.29) is 0 Å². The van der Waals surface area contributed by atoms with Gasteiger partial charge in [0.15, 0.2) is 0 Å². The Bertz CT molecular complexity index is 261. The van der Waals surface area contributed by atoms with E-state index < -0.39 is 5.60 Å². The van der Waals surface area contributed by atoms with Crippen molar-refractivity contribution in [3.05, 3.63) is 29.8 Å². The van der Waals surface area contributed by atoms with Crippen LogP contribution in [-0.2, 0) is 5.60 Å². The molecule has 1 aromatic carbocycles. The predicted molar refractivity (Wildman–Crippen MR) is 45.0 cm³/mol. The number of hydrogen-bond donors (Lipinski definition) is 1. The van der Waals surface area contributed by atoms with E-state index >= 15 is 0 Å². The summed E-state index contributed by atoms with van der Waals surface area (Å²) in [6.45, 7) is 0. The van der Waals surface area contributed by atoms with E-state index in [0.717, 1.165) is 23.9 Å². The molecule has 1 N–H and O–H groups in total. The molecule has 0 atom stereocenters. The maximum Gasteiger partial charge on any atom is 0.113 e. The second-order valence-corrected chi connectivity index (χ2v) is 3.15. The molecule has 54 valence electrons. The topological polar surface area (TPSA) is 20.2 Å². The lowest BCUT2D eigenvalue weighted by Crippen LogP contribution is -2.07. The van der Waals surface area contributed by atoms with Crippen LogP contribution >= 0.6 is 0 Å². The minimum atomic E-state index is -0.520. The summed E-state index contributed by atoms with van der Waals surface area (Å²) < 4.78 is 0. The van der Waals surface area contributed by atoms with Crippen LogP contribution in [0.25, 0.3) is 0 Å². The molecule has 0 spiro atoms. The molecule has 0 heterocycles. The highest BCUT2D eigenvalue weighted by Gasteiger charge is 2.41. The van der Waals surface area contributed by atoms with Gasteiger partial charge in [0, 0.05) is 0 Å². The highest BCUT2D eigenvalue weighted by Crippen LogP contribution is 2.44. The fourth-order valence-corrected chi connectivity index (χ4v) is 1.20. The maximum absolute atomic E-state index is 9.65. The van der Waals surface area contributed by atoms with Crippen molar-refractivity contribution in [1.29, 1.82) is 0 Å². The molecule has 0 amide bonds. The Kier molecular flexibility index (Phi) is 1.33. The highest BCUT2D eigenvalue weighted by atomic mass is 16.3. The normalized spacial score (nSPS) is 19.7. The predicted octanol–water partition coefficient (Wildman–Crippen LogP) is 0.462. The quantitative estimate of drug-likeness (QED) is 0.567. The summed E-state index contributed by atoms with van der Waals surface area (Å²) in [5.41, 5.74) is 1.22. The van der Waals surface area contributed by atoms with Crippen LogP contribution in [-0.4, -0.2) is 13.0 Å². The second-order valence-electron chi connectivity index (χ2n) is 3.15. The van der Waals surface area contributed by atoms with Gasteiger partial charge in [0.2, 0.25) is 0 Å². The zero-order chi connectivity index (χ0) is 7.90. The fraction of sp³-hybridized carbons (Fsp3) is 0.333. The average Bonchev–Trinajstić information content (AvgIpc) is 2.70. The number of rotatable bonds is 1. The lowest BCUT2D eigenvalue weighted by molar-refractivity contribution is 0.151. The molecule has 1 nitrogen and oxygen atoms in total. The first-order valence-electron chi connectivity index (χ1n) is 3.79. The van der Waals surface area contributed by atoms with Gasteiger partial charge in [-0.25, -0.2) is 0 Å². The molecule has 1 saturated carbocycles. The van der Waals surface area contributed by atoms with E-state index in [1.54, 1.807) is 0 Å². The van der Waals surface area contributed by atoms with Gasteiger partial charge in [-0.15, -0.1) is 0 Å². The Morgan fingerprint density at radius 2 is 1.73 bits per heavy atom. The number of benzene rings is 1. The Hall–Kier alpha value is -0.755. The van der Waals surface area contributed by atoms with Crippen LogP contribution in [0.1, 0.15) is 18.4 Å². The SMILES string of the molecule is [B]c1ccc(C2(O)CC2)cc1. The van der Waals surface area contributed by atoms with Crippen molar-refractivity contribution >= 4 is 13.3 Å². The van der Waals surface area contributed by atoms with Gasteiger partial charge in [-0.1, -0.05) is 29.7 Å². The largest absolute Gasteiger partial charge is 0.385 e. The van der Waals surface area contributed by atoms with E-state index in [1.165, 1.54) is 0 Å². The van der Waals surface area contributed by atoms with Crippen LogP contribution in [0, 0.1) is 0 Å². The summed E-state index contributed by atoms with van der Waals surface area (Å²) >= 11 is 0. The molecule has 1 aliphatic rings. The summed E-state index contributed by atoms with van der Waals surface area (Å²) in [5.74, 6) is 0. The maximum atomic E-state index is 9.65. The number of aliphatic hydroxyl groups is 1. The molecular weight excluding hydrogens is 135 g/mol. The van der Waals surface area contributed by atoms with Crippen molar-refractivity contribution in [2.45, 2.75) is 18.4 Å². The van der Waals surface area contributed by atoms with E-state index in [0.29, 0.717) is 0 Å². The van der Waals surface area contributed by atoms with Crippen molar-refractivity contribution in [3.63, 3.8) is 0 Å². The van der Waals surface area contributed by atoms with Crippen molar-refractivity contribution in [3.8, 4) is 0 Å². The summed E-state index contributed by atoms with van der Waals surface area (Å²) in [5, 5.41) is 9.65. The first kappa shape index (κ1) is 6.92. The molecule has 0 aromatic heterocycles. The van der Waals surface area contributed by atoms with E-state index in [4.69, 9.17) is 7.85 Å². The molecule has 2 rings (SSSR count). The second kappa shape index (κ2) is 2.11. The van der Waals surface area contributed by atoms with Crippen LogP contribution in [0.3, 0.4) is 0 Å². The average molecular weight is 144 g/mol. The summed E-state index contributed by atoms with van der Waals surface area (Å²) in [4.78, 5) is 0. The van der Waals surface area contributed by atoms with Gasteiger partial charge in [-0.05, 0) is 18.4 Å². The minimum absolute atomic E-state index is 0.520. The molecule has 2 heteroatoms. The minimum Gasteiger partial charge on any atom is -0.385 e. The molecule has 11 heavy (non-hydrogen) atoms. The zero-order valence-electron chi connectivity index (χ0n) is 6.25. The molecule has 0 saturated heterocycles. The van der Waals surface area contributed by atoms with Gasteiger partial charge < -0.3 is 5.11 Å². The summed E-state index contributed by atoms with van der Waals surface area (Å²) in [6, 6.07) is 7.43. The standard InChI is InChI=1S/C9H9BO/c10-8-3-1-7(2-4-8)9(11)5-6-9/h1-4,11H,5-6H2. The smallest absolute Gasteiger partial charge is 0.113 e. The molecule has 1 fully saturated rings. The molecule has 1 aliphatic carbocycles. The first-order chi connectivity index (χ1) is 5.21. The molecular formula is C9H9BO. The van der Waals surface area contributed by atoms with Gasteiger partial charge in [-0.3, -0.25) is 0 Å². The summed E-state index contributed by atoms with van der Waals surface area (Å²) in [6.07, 6.45) is 1.77. The Morgan fingerprint density at radius 1 is 1.18 bits per heavy atom. The highest BCUT2D eigenvalue weighted by molar-refractivity contribution is 6.32. The third-order valence-electron chi connectivity index (χ3n) is 2.17. The van der Waals surface area contributed by atoms with Gasteiger partial charge in [0.25, 0.3) is 0 Å². The summed E-state index contributed by atoms with van der Waals surface area (Å²) in [7, 11) is 5.51. The van der Waals surface area contributed by atoms with Gasteiger partial charge in [0.1, 0.15) is 7.85 Å². The Balaban J connectivity index is 2.33. The van der Waals surface area contributed by atoms with Gasteiger partial charge in [-0.2, -0.15) is 0 Å². The van der Waals surface area contributed by atoms with Crippen molar-refractivity contribution in [2.75, 3.05) is 0 Å². The third-order valence-corrected chi connectivity index (χ3v) is 2.17. The van der Waals surface area contributed by atoms with Gasteiger partial charge >= 0.3 is 0 Å². The van der Waals surface area contributed by atoms with E-state index in [9.17, 15) is 5.11 Å². The lowest BCUT2D eigenvalue weighted by Gasteiger charge is -2.06. The lowest BCUT2D eigenvalue weighted by atomic mass is 9.94. The van der Waals surface area contributed by atoms with Crippen LogP contribution in [0.2, 0.25) is 0 Å². The third kappa shape index (κ3) is 1.18. The van der Waals surface area contributed by atoms with Crippen molar-refractivity contribution in [2.24, 2.45) is 0 Å². The zero-order valence-corrected chi connectivity index (χ0v) is 6.25. The molecule has 1 aromatic rings. The monoisotopic (exact) mass is 144 g/mol. The first-order valence-corrected chi connectivity index (χ1v) is 3.79. The van der Waals surface area contributed by atoms with Crippen LogP contribution in [0.4, 0.5) is 0 Å². The van der Waals surface area contributed by atoms with Crippen LogP contribution < -0.4 is 5.46 Å². The van der Waals surface area contributed by atoms with Crippen molar-refractivity contribution in [1.82, 2.24) is 0 Å². The molecule has 2 radical (unpaired) electrons. The van der Waals surface area contributed by atoms with Gasteiger partial charge in [0.05, 0.1) is 5.60 Å². The fourth-order valence-electron chi connectivity index (χ4n) is 1.20. The molecule has 0 aliphatic heterocycles. The Labute approximate surface area is 67.5 Å².